The molecule has 1 atom stereocenters. The molecule has 0 N–H and O–H groups in total. The van der Waals surface area contributed by atoms with Crippen molar-refractivity contribution in [1.82, 2.24) is 0 Å². The minimum absolute atomic E-state index is 0.224. The third kappa shape index (κ3) is 2.30. The molecule has 0 saturated heterocycles. The lowest BCUT2D eigenvalue weighted by molar-refractivity contribution is 0.501. The molecule has 0 spiro atoms. The maximum atomic E-state index is 13.3. The molecule has 96 valence electrons. The SMILES string of the molecule is Cc1cc(C(Cl)c2c(C)cc(F)cc2C)c(C)o1. The van der Waals surface area contributed by atoms with Crippen molar-refractivity contribution < 1.29 is 8.81 Å². The molecule has 1 nitrogen and oxygen atoms in total. The summed E-state index contributed by atoms with van der Waals surface area (Å²) < 4.78 is 18.8. The fourth-order valence-corrected chi connectivity index (χ4v) is 2.94. The molecule has 3 heteroatoms. The van der Waals surface area contributed by atoms with E-state index in [9.17, 15) is 4.39 Å². The third-order valence-electron chi connectivity index (χ3n) is 3.16. The van der Waals surface area contributed by atoms with Crippen LogP contribution in [0, 0.1) is 33.5 Å². The molecular formula is C15H16ClFO. The number of benzene rings is 1. The monoisotopic (exact) mass is 266 g/mol. The first kappa shape index (κ1) is 13.2. The lowest BCUT2D eigenvalue weighted by Crippen LogP contribution is -2.01. The molecule has 0 amide bonds. The Morgan fingerprint density at radius 1 is 1.06 bits per heavy atom. The van der Waals surface area contributed by atoms with E-state index < -0.39 is 0 Å². The standard InChI is InChI=1S/C15H16ClFO/c1-8-5-12(17)6-9(2)14(8)15(16)13-7-10(3)18-11(13)4/h5-7,15H,1-4H3. The summed E-state index contributed by atoms with van der Waals surface area (Å²) >= 11 is 6.53. The van der Waals surface area contributed by atoms with Gasteiger partial charge in [-0.2, -0.15) is 0 Å². The van der Waals surface area contributed by atoms with Crippen LogP contribution in [-0.2, 0) is 0 Å². The number of hydrogen-bond donors (Lipinski definition) is 0. The van der Waals surface area contributed by atoms with E-state index in [4.69, 9.17) is 16.0 Å². The van der Waals surface area contributed by atoms with Gasteiger partial charge in [-0.15, -0.1) is 11.6 Å². The molecule has 0 bridgehead atoms. The number of halogens is 2. The Morgan fingerprint density at radius 2 is 1.61 bits per heavy atom. The highest BCUT2D eigenvalue weighted by molar-refractivity contribution is 6.23. The van der Waals surface area contributed by atoms with Crippen molar-refractivity contribution in [2.45, 2.75) is 33.1 Å². The number of hydrogen-bond acceptors (Lipinski definition) is 1. The smallest absolute Gasteiger partial charge is 0.123 e. The van der Waals surface area contributed by atoms with Crippen LogP contribution in [0.2, 0.25) is 0 Å². The lowest BCUT2D eigenvalue weighted by atomic mass is 9.95. The Labute approximate surface area is 112 Å². The van der Waals surface area contributed by atoms with Gasteiger partial charge in [0.2, 0.25) is 0 Å². The molecule has 0 saturated carbocycles. The average molecular weight is 267 g/mol. The van der Waals surface area contributed by atoms with Crippen LogP contribution >= 0.6 is 11.6 Å². The predicted molar refractivity (Wildman–Crippen MR) is 71.8 cm³/mol. The highest BCUT2D eigenvalue weighted by Gasteiger charge is 2.20. The molecular weight excluding hydrogens is 251 g/mol. The van der Waals surface area contributed by atoms with Crippen LogP contribution in [0.5, 0.6) is 0 Å². The predicted octanol–water partition coefficient (Wildman–Crippen LogP) is 4.98. The van der Waals surface area contributed by atoms with Crippen molar-refractivity contribution in [3.05, 3.63) is 57.8 Å². The quantitative estimate of drug-likeness (QED) is 0.699. The molecule has 0 aliphatic rings. The topological polar surface area (TPSA) is 13.1 Å². The number of furan rings is 1. The molecule has 2 aromatic rings. The van der Waals surface area contributed by atoms with Crippen LogP contribution in [-0.4, -0.2) is 0 Å². The highest BCUT2D eigenvalue weighted by Crippen LogP contribution is 2.36. The van der Waals surface area contributed by atoms with Gasteiger partial charge < -0.3 is 4.42 Å². The summed E-state index contributed by atoms with van der Waals surface area (Å²) in [6.45, 7) is 7.54. The van der Waals surface area contributed by atoms with Crippen LogP contribution in [0.25, 0.3) is 0 Å². The van der Waals surface area contributed by atoms with Crippen LogP contribution < -0.4 is 0 Å². The van der Waals surface area contributed by atoms with Gasteiger partial charge in [-0.1, -0.05) is 0 Å². The number of rotatable bonds is 2. The van der Waals surface area contributed by atoms with Crippen LogP contribution in [0.4, 0.5) is 4.39 Å². The summed E-state index contributed by atoms with van der Waals surface area (Å²) in [5.41, 5.74) is 3.64. The fraction of sp³-hybridized carbons (Fsp3) is 0.333. The summed E-state index contributed by atoms with van der Waals surface area (Å²) in [5, 5.41) is -0.303. The van der Waals surface area contributed by atoms with E-state index in [0.29, 0.717) is 0 Å². The van der Waals surface area contributed by atoms with E-state index in [1.54, 1.807) is 0 Å². The van der Waals surface area contributed by atoms with E-state index in [-0.39, 0.29) is 11.2 Å². The molecule has 0 radical (unpaired) electrons. The summed E-state index contributed by atoms with van der Waals surface area (Å²) in [5.74, 6) is 1.43. The van der Waals surface area contributed by atoms with Crippen LogP contribution in [0.1, 0.15) is 39.2 Å². The van der Waals surface area contributed by atoms with Gasteiger partial charge in [0.05, 0.1) is 5.38 Å². The fourth-order valence-electron chi connectivity index (χ4n) is 2.38. The van der Waals surface area contributed by atoms with E-state index in [0.717, 1.165) is 33.8 Å². The van der Waals surface area contributed by atoms with Crippen molar-refractivity contribution in [2.24, 2.45) is 0 Å². The van der Waals surface area contributed by atoms with Gasteiger partial charge in [0.25, 0.3) is 0 Å². The van der Waals surface area contributed by atoms with E-state index in [1.165, 1.54) is 12.1 Å². The Bertz CT molecular complexity index is 563. The molecule has 0 aliphatic carbocycles. The van der Waals surface area contributed by atoms with Gasteiger partial charge in [0, 0.05) is 5.56 Å². The Kier molecular flexibility index (Phi) is 3.49. The molecule has 1 unspecified atom stereocenters. The minimum Gasteiger partial charge on any atom is -0.466 e. The first-order valence-corrected chi connectivity index (χ1v) is 6.31. The first-order chi connectivity index (χ1) is 8.40. The maximum Gasteiger partial charge on any atom is 0.123 e. The number of alkyl halides is 1. The van der Waals surface area contributed by atoms with Crippen molar-refractivity contribution in [2.75, 3.05) is 0 Å². The van der Waals surface area contributed by atoms with Gasteiger partial charge in [-0.25, -0.2) is 4.39 Å². The average Bonchev–Trinajstić information content (AvgIpc) is 2.56. The van der Waals surface area contributed by atoms with Gasteiger partial charge in [0.15, 0.2) is 0 Å². The van der Waals surface area contributed by atoms with E-state index >= 15 is 0 Å². The lowest BCUT2D eigenvalue weighted by Gasteiger charge is -2.15. The molecule has 18 heavy (non-hydrogen) atoms. The van der Waals surface area contributed by atoms with Crippen molar-refractivity contribution in [1.29, 1.82) is 0 Å². The minimum atomic E-state index is -0.303. The summed E-state index contributed by atoms with van der Waals surface area (Å²) in [4.78, 5) is 0. The van der Waals surface area contributed by atoms with Gasteiger partial charge in [-0.3, -0.25) is 0 Å². The third-order valence-corrected chi connectivity index (χ3v) is 3.62. The van der Waals surface area contributed by atoms with E-state index in [2.05, 4.69) is 0 Å². The summed E-state index contributed by atoms with van der Waals surface area (Å²) in [6, 6.07) is 4.97. The van der Waals surface area contributed by atoms with Crippen LogP contribution in [0.15, 0.2) is 22.6 Å². The van der Waals surface area contributed by atoms with E-state index in [1.807, 2.05) is 33.8 Å². The Hall–Kier alpha value is -1.28. The number of aryl methyl sites for hydroxylation is 4. The van der Waals surface area contributed by atoms with Gasteiger partial charge >= 0.3 is 0 Å². The molecule has 1 heterocycles. The summed E-state index contributed by atoms with van der Waals surface area (Å²) in [7, 11) is 0. The summed E-state index contributed by atoms with van der Waals surface area (Å²) in [6.07, 6.45) is 0. The maximum absolute atomic E-state index is 13.3. The zero-order valence-corrected chi connectivity index (χ0v) is 11.7. The van der Waals surface area contributed by atoms with Crippen molar-refractivity contribution in [3.63, 3.8) is 0 Å². The molecule has 2 rings (SSSR count). The highest BCUT2D eigenvalue weighted by atomic mass is 35.5. The normalized spacial score (nSPS) is 12.8. The molecule has 0 aliphatic heterocycles. The van der Waals surface area contributed by atoms with Crippen LogP contribution in [0.3, 0.4) is 0 Å². The molecule has 1 aromatic heterocycles. The Morgan fingerprint density at radius 3 is 2.06 bits per heavy atom. The van der Waals surface area contributed by atoms with Crippen molar-refractivity contribution in [3.8, 4) is 0 Å². The zero-order chi connectivity index (χ0) is 13.4. The van der Waals surface area contributed by atoms with Crippen molar-refractivity contribution >= 4 is 11.6 Å². The zero-order valence-electron chi connectivity index (χ0n) is 11.0. The second-order valence-corrected chi connectivity index (χ2v) is 5.12. The first-order valence-electron chi connectivity index (χ1n) is 5.87. The second kappa shape index (κ2) is 4.77. The molecule has 1 aromatic carbocycles. The second-order valence-electron chi connectivity index (χ2n) is 4.68. The Balaban J connectivity index is 2.52. The largest absolute Gasteiger partial charge is 0.466 e. The van der Waals surface area contributed by atoms with Gasteiger partial charge in [0.1, 0.15) is 17.3 Å². The molecule has 0 fully saturated rings. The van der Waals surface area contributed by atoms with Gasteiger partial charge in [-0.05, 0) is 62.6 Å².